The second kappa shape index (κ2) is 10.5. The number of rotatable bonds is 9. The number of carbonyl (C=O) groups excluding carboxylic acids is 1. The van der Waals surface area contributed by atoms with E-state index in [9.17, 15) is 17.6 Å². The molecule has 11 heteroatoms. The first-order valence-corrected chi connectivity index (χ1v) is 13.3. The minimum atomic E-state index is -3.29. The smallest absolute Gasteiger partial charge is 0.321 e. The number of anilines is 1. The summed E-state index contributed by atoms with van der Waals surface area (Å²) in [7, 11) is -3.29. The molecule has 1 saturated heterocycles. The molecule has 1 fully saturated rings. The number of hydrogen-bond donors (Lipinski definition) is 2. The highest BCUT2D eigenvalue weighted by Gasteiger charge is 2.31. The van der Waals surface area contributed by atoms with Gasteiger partial charge < -0.3 is 20.5 Å². The van der Waals surface area contributed by atoms with Crippen LogP contribution in [0.2, 0.25) is 0 Å². The van der Waals surface area contributed by atoms with Crippen LogP contribution in [-0.2, 0) is 21.1 Å². The van der Waals surface area contributed by atoms with E-state index in [0.717, 1.165) is 19.1 Å². The third kappa shape index (κ3) is 6.04. The van der Waals surface area contributed by atoms with Gasteiger partial charge in [0.25, 0.3) is 0 Å². The molecule has 0 aliphatic carbocycles. The first-order valence-electron chi connectivity index (χ1n) is 11.4. The van der Waals surface area contributed by atoms with Gasteiger partial charge in [0.05, 0.1) is 10.9 Å². The van der Waals surface area contributed by atoms with Gasteiger partial charge in [-0.2, -0.15) is 4.98 Å². The zero-order valence-electron chi connectivity index (χ0n) is 19.4. The minimum absolute atomic E-state index is 0.0774. The van der Waals surface area contributed by atoms with Crippen molar-refractivity contribution in [1.82, 2.24) is 15.0 Å². The van der Waals surface area contributed by atoms with E-state index in [1.807, 2.05) is 0 Å². The highest BCUT2D eigenvalue weighted by atomic mass is 32.2. The molecule has 1 aliphatic heterocycles. The van der Waals surface area contributed by atoms with Crippen LogP contribution in [0.4, 0.5) is 10.4 Å². The van der Waals surface area contributed by atoms with Crippen molar-refractivity contribution in [1.29, 1.82) is 0 Å². The Bertz CT molecular complexity index is 1280. The van der Waals surface area contributed by atoms with E-state index in [1.165, 1.54) is 18.2 Å². The number of benzene rings is 2. The van der Waals surface area contributed by atoms with Gasteiger partial charge in [0.2, 0.25) is 11.7 Å². The van der Waals surface area contributed by atoms with Crippen molar-refractivity contribution in [3.8, 4) is 11.4 Å². The number of nitrogens with zero attached hydrogens (tertiary/aromatic N) is 3. The topological polar surface area (TPSA) is 131 Å². The molecule has 3 N–H and O–H groups in total. The fourth-order valence-corrected chi connectivity index (χ4v) is 4.79. The molecule has 2 atom stereocenters. The Morgan fingerprint density at radius 1 is 1.26 bits per heavy atom. The van der Waals surface area contributed by atoms with Crippen LogP contribution in [0.3, 0.4) is 0 Å². The summed E-state index contributed by atoms with van der Waals surface area (Å²) in [4.78, 5) is 19.2. The predicted octanol–water partition coefficient (Wildman–Crippen LogP) is 2.64. The molecule has 1 aromatic heterocycles. The van der Waals surface area contributed by atoms with Gasteiger partial charge in [-0.3, -0.25) is 4.79 Å². The summed E-state index contributed by atoms with van der Waals surface area (Å²) in [6, 6.07) is 12.1. The fourth-order valence-electron chi connectivity index (χ4n) is 4.16. The van der Waals surface area contributed by atoms with Crippen LogP contribution in [0.25, 0.3) is 11.4 Å². The lowest BCUT2D eigenvalue weighted by molar-refractivity contribution is -0.133. The molecule has 1 aliphatic rings. The van der Waals surface area contributed by atoms with Crippen molar-refractivity contribution in [3.63, 3.8) is 0 Å². The Hall–Kier alpha value is -3.31. The van der Waals surface area contributed by atoms with Gasteiger partial charge >= 0.3 is 6.01 Å². The average molecular weight is 502 g/mol. The zero-order valence-corrected chi connectivity index (χ0v) is 20.2. The SMILES string of the molecule is CS(=O)(=O)c1ccc(-c2noc(NC[C@@H]3CCCN3C(=O)[C@H](N)CCc3ccccc3F)n2)cc1. The van der Waals surface area contributed by atoms with Crippen LogP contribution in [0, 0.1) is 5.82 Å². The van der Waals surface area contributed by atoms with Gasteiger partial charge in [0, 0.05) is 31.0 Å². The zero-order chi connectivity index (χ0) is 25.0. The van der Waals surface area contributed by atoms with Crippen molar-refractivity contribution < 1.29 is 22.1 Å². The van der Waals surface area contributed by atoms with E-state index in [-0.39, 0.29) is 28.7 Å². The maximum absolute atomic E-state index is 13.9. The molecule has 9 nitrogen and oxygen atoms in total. The molecule has 0 radical (unpaired) electrons. The van der Waals surface area contributed by atoms with Crippen molar-refractivity contribution >= 4 is 21.8 Å². The molecule has 0 unspecified atom stereocenters. The Labute approximate surface area is 203 Å². The standard InChI is InChI=1S/C24H28FN5O4S/c1-35(32,33)19-11-8-17(9-12-19)22-28-24(34-29-22)27-15-18-6-4-14-30(18)23(31)21(26)13-10-16-5-2-3-7-20(16)25/h2-3,5,7-9,11-12,18,21H,4,6,10,13-15,26H2,1H3,(H,27,28,29)/t18-,21+/m0/s1. The van der Waals surface area contributed by atoms with Crippen LogP contribution in [-0.4, -0.2) is 60.8 Å². The van der Waals surface area contributed by atoms with E-state index in [0.29, 0.717) is 42.9 Å². The van der Waals surface area contributed by atoms with E-state index >= 15 is 0 Å². The number of halogens is 1. The molecule has 35 heavy (non-hydrogen) atoms. The molecule has 0 saturated carbocycles. The second-order valence-electron chi connectivity index (χ2n) is 8.66. The van der Waals surface area contributed by atoms with Crippen LogP contribution in [0.5, 0.6) is 0 Å². The molecule has 186 valence electrons. The van der Waals surface area contributed by atoms with Crippen molar-refractivity contribution in [2.24, 2.45) is 5.73 Å². The highest BCUT2D eigenvalue weighted by molar-refractivity contribution is 7.90. The monoisotopic (exact) mass is 501 g/mol. The van der Waals surface area contributed by atoms with Crippen molar-refractivity contribution in [2.45, 2.75) is 42.7 Å². The molecule has 2 heterocycles. The second-order valence-corrected chi connectivity index (χ2v) is 10.7. The van der Waals surface area contributed by atoms with Crippen LogP contribution in [0.1, 0.15) is 24.8 Å². The number of nitrogens with one attached hydrogen (secondary N) is 1. The Morgan fingerprint density at radius 2 is 2.00 bits per heavy atom. The molecule has 4 rings (SSSR count). The summed E-state index contributed by atoms with van der Waals surface area (Å²) in [6.45, 7) is 1.03. The molecular formula is C24H28FN5O4S. The average Bonchev–Trinajstić information content (AvgIpc) is 3.51. The number of aromatic nitrogens is 2. The summed E-state index contributed by atoms with van der Waals surface area (Å²) in [5.74, 6) is -0.120. The summed E-state index contributed by atoms with van der Waals surface area (Å²) in [5.41, 5.74) is 7.32. The molecule has 0 spiro atoms. The quantitative estimate of drug-likeness (QED) is 0.457. The Kier molecular flexibility index (Phi) is 7.46. The first kappa shape index (κ1) is 24.8. The number of carbonyl (C=O) groups is 1. The molecule has 3 aromatic rings. The van der Waals surface area contributed by atoms with Gasteiger partial charge in [-0.05, 0) is 61.6 Å². The third-order valence-electron chi connectivity index (χ3n) is 6.12. The van der Waals surface area contributed by atoms with E-state index in [2.05, 4.69) is 15.5 Å². The first-order chi connectivity index (χ1) is 16.7. The lowest BCUT2D eigenvalue weighted by atomic mass is 10.0. The number of likely N-dealkylation sites (tertiary alicyclic amines) is 1. The van der Waals surface area contributed by atoms with E-state index < -0.39 is 15.9 Å². The number of sulfone groups is 1. The number of nitrogens with two attached hydrogens (primary N) is 1. The maximum atomic E-state index is 13.9. The van der Waals surface area contributed by atoms with Crippen LogP contribution >= 0.6 is 0 Å². The lowest BCUT2D eigenvalue weighted by Gasteiger charge is -2.27. The molecule has 1 amide bonds. The van der Waals surface area contributed by atoms with E-state index in [4.69, 9.17) is 10.3 Å². The minimum Gasteiger partial charge on any atom is -0.337 e. The van der Waals surface area contributed by atoms with E-state index in [1.54, 1.807) is 35.2 Å². The normalized spacial score (nSPS) is 16.9. The van der Waals surface area contributed by atoms with Crippen molar-refractivity contribution in [2.75, 3.05) is 24.7 Å². The van der Waals surface area contributed by atoms with Gasteiger partial charge in [-0.1, -0.05) is 23.4 Å². The fraction of sp³-hybridized carbons (Fsp3) is 0.375. The summed E-state index contributed by atoms with van der Waals surface area (Å²) in [6.07, 6.45) is 3.58. The summed E-state index contributed by atoms with van der Waals surface area (Å²) < 4.78 is 42.3. The molecular weight excluding hydrogens is 473 g/mol. The number of amides is 1. The number of aryl methyl sites for hydroxylation is 1. The lowest BCUT2D eigenvalue weighted by Crippen LogP contribution is -2.48. The summed E-state index contributed by atoms with van der Waals surface area (Å²) in [5, 5.41) is 7.02. The van der Waals surface area contributed by atoms with Crippen LogP contribution in [0.15, 0.2) is 57.9 Å². The van der Waals surface area contributed by atoms with Gasteiger partial charge in [-0.15, -0.1) is 0 Å². The molecule has 2 aromatic carbocycles. The largest absolute Gasteiger partial charge is 0.337 e. The van der Waals surface area contributed by atoms with Crippen molar-refractivity contribution in [3.05, 3.63) is 59.9 Å². The highest BCUT2D eigenvalue weighted by Crippen LogP contribution is 2.22. The molecule has 0 bridgehead atoms. The predicted molar refractivity (Wildman–Crippen MR) is 129 cm³/mol. The maximum Gasteiger partial charge on any atom is 0.321 e. The number of hydrogen-bond acceptors (Lipinski definition) is 8. The third-order valence-corrected chi connectivity index (χ3v) is 7.24. The van der Waals surface area contributed by atoms with Gasteiger partial charge in [0.15, 0.2) is 9.84 Å². The summed E-state index contributed by atoms with van der Waals surface area (Å²) >= 11 is 0. The Balaban J connectivity index is 1.32. The Morgan fingerprint density at radius 3 is 2.71 bits per heavy atom. The van der Waals surface area contributed by atoms with Gasteiger partial charge in [0.1, 0.15) is 5.82 Å². The van der Waals surface area contributed by atoms with Crippen LogP contribution < -0.4 is 11.1 Å². The van der Waals surface area contributed by atoms with Gasteiger partial charge in [-0.25, -0.2) is 12.8 Å².